The number of pyridine rings is 1. The topological polar surface area (TPSA) is 63.7 Å². The molecule has 0 unspecified atom stereocenters. The zero-order valence-corrected chi connectivity index (χ0v) is 18.5. The molecular weight excluding hydrogens is 434 g/mol. The highest BCUT2D eigenvalue weighted by molar-refractivity contribution is 9.10. The number of rotatable bonds is 2. The van der Waals surface area contributed by atoms with Gasteiger partial charge >= 0.3 is 6.09 Å². The molecule has 1 N–H and O–H groups in total. The quantitative estimate of drug-likeness (QED) is 0.650. The maximum absolute atomic E-state index is 12.6. The number of para-hydroxylation sites is 1. The van der Waals surface area contributed by atoms with Gasteiger partial charge in [-0.2, -0.15) is 0 Å². The predicted molar refractivity (Wildman–Crippen MR) is 115 cm³/mol. The van der Waals surface area contributed by atoms with Crippen molar-refractivity contribution in [1.82, 2.24) is 10.3 Å². The maximum atomic E-state index is 12.6. The van der Waals surface area contributed by atoms with Crippen molar-refractivity contribution in [3.8, 4) is 5.75 Å². The summed E-state index contributed by atoms with van der Waals surface area (Å²) in [6.45, 7) is 7.25. The van der Waals surface area contributed by atoms with Crippen LogP contribution in [0.3, 0.4) is 0 Å². The Balaban J connectivity index is 1.54. The number of alkyl carbamates (subject to hydrolysis) is 1. The summed E-state index contributed by atoms with van der Waals surface area (Å²) in [4.78, 5) is 19.2. The average molecular weight is 460 g/mol. The number of nitrogens with zero attached hydrogens (tertiary/aromatic N) is 2. The van der Waals surface area contributed by atoms with E-state index in [0.717, 1.165) is 47.5 Å². The van der Waals surface area contributed by atoms with Crippen LogP contribution < -0.4 is 15.0 Å². The molecule has 154 valence electrons. The van der Waals surface area contributed by atoms with Crippen LogP contribution in [-0.4, -0.2) is 35.4 Å². The van der Waals surface area contributed by atoms with Crippen LogP contribution in [0.15, 0.2) is 47.2 Å². The summed E-state index contributed by atoms with van der Waals surface area (Å²) in [5, 5.41) is 3.09. The molecule has 0 aliphatic carbocycles. The molecule has 1 aromatic heterocycles. The van der Waals surface area contributed by atoms with Crippen LogP contribution in [0.2, 0.25) is 0 Å². The molecular formula is C22H26BrN3O3. The number of amides is 1. The van der Waals surface area contributed by atoms with E-state index < -0.39 is 17.3 Å². The highest BCUT2D eigenvalue weighted by atomic mass is 79.9. The van der Waals surface area contributed by atoms with Crippen LogP contribution in [0.4, 0.5) is 10.5 Å². The molecule has 1 fully saturated rings. The molecule has 6 nitrogen and oxygen atoms in total. The number of carbonyl (C=O) groups is 1. The van der Waals surface area contributed by atoms with Crippen molar-refractivity contribution in [2.45, 2.75) is 50.9 Å². The van der Waals surface area contributed by atoms with Gasteiger partial charge in [-0.25, -0.2) is 9.78 Å². The number of nitrogens with one attached hydrogen (secondary N) is 1. The van der Waals surface area contributed by atoms with Gasteiger partial charge in [0.15, 0.2) is 0 Å². The van der Waals surface area contributed by atoms with E-state index >= 15 is 0 Å². The number of hydrogen-bond donors (Lipinski definition) is 1. The molecule has 0 saturated carbocycles. The third kappa shape index (κ3) is 4.20. The van der Waals surface area contributed by atoms with Gasteiger partial charge in [-0.05, 0) is 54.9 Å². The Morgan fingerprint density at radius 1 is 1.24 bits per heavy atom. The molecule has 2 aliphatic heterocycles. The second-order valence-corrected chi connectivity index (χ2v) is 9.42. The molecule has 4 rings (SSSR count). The Kier molecular flexibility index (Phi) is 5.19. The Bertz CT molecular complexity index is 887. The van der Waals surface area contributed by atoms with Gasteiger partial charge in [0.05, 0.1) is 11.9 Å². The number of piperidine rings is 1. The van der Waals surface area contributed by atoms with Gasteiger partial charge in [0.2, 0.25) is 0 Å². The van der Waals surface area contributed by atoms with E-state index in [1.165, 1.54) is 0 Å². The number of aromatic nitrogens is 1. The number of halogens is 1. The summed E-state index contributed by atoms with van der Waals surface area (Å²) in [5.41, 5.74) is 1.08. The van der Waals surface area contributed by atoms with Gasteiger partial charge in [0, 0.05) is 31.5 Å². The summed E-state index contributed by atoms with van der Waals surface area (Å²) < 4.78 is 12.8. The van der Waals surface area contributed by atoms with Crippen LogP contribution in [0.5, 0.6) is 5.75 Å². The first-order valence-electron chi connectivity index (χ1n) is 9.90. The molecule has 7 heteroatoms. The number of ether oxygens (including phenoxy) is 2. The maximum Gasteiger partial charge on any atom is 0.408 e. The van der Waals surface area contributed by atoms with Crippen molar-refractivity contribution in [1.29, 1.82) is 0 Å². The van der Waals surface area contributed by atoms with Gasteiger partial charge in [-0.1, -0.05) is 18.2 Å². The molecule has 1 atom stereocenters. The summed E-state index contributed by atoms with van der Waals surface area (Å²) in [6.07, 6.45) is 3.04. The van der Waals surface area contributed by atoms with Crippen LogP contribution in [-0.2, 0) is 4.74 Å². The summed E-state index contributed by atoms with van der Waals surface area (Å²) >= 11 is 3.38. The molecule has 0 radical (unpaired) electrons. The SMILES string of the molecule is CC(C)(C)OC(=O)N[C@@H]1c2ccccc2OC12CCN(c1ccc(Br)nc1)CC2. The minimum absolute atomic E-state index is 0.237. The van der Waals surface area contributed by atoms with Crippen LogP contribution >= 0.6 is 15.9 Å². The second kappa shape index (κ2) is 7.52. The number of fused-ring (bicyclic) bond motifs is 1. The van der Waals surface area contributed by atoms with Gasteiger partial charge in [0.25, 0.3) is 0 Å². The van der Waals surface area contributed by atoms with Crippen LogP contribution in [0.1, 0.15) is 45.2 Å². The van der Waals surface area contributed by atoms with Crippen molar-refractivity contribution in [3.63, 3.8) is 0 Å². The zero-order valence-electron chi connectivity index (χ0n) is 16.9. The van der Waals surface area contributed by atoms with Crippen molar-refractivity contribution in [2.24, 2.45) is 0 Å². The Morgan fingerprint density at radius 2 is 1.97 bits per heavy atom. The Hall–Kier alpha value is -2.28. The van der Waals surface area contributed by atoms with Crippen molar-refractivity contribution >= 4 is 27.7 Å². The standard InChI is InChI=1S/C22H26BrN3O3/c1-21(2,3)29-20(27)25-19-16-6-4-5-7-17(16)28-22(19)10-12-26(13-11-22)15-8-9-18(23)24-14-15/h4-9,14,19H,10-13H2,1-3H3,(H,25,27)/t19-/m1/s1. The van der Waals surface area contributed by atoms with E-state index in [2.05, 4.69) is 37.2 Å². The summed E-state index contributed by atoms with van der Waals surface area (Å²) in [6, 6.07) is 11.7. The average Bonchev–Trinajstić information content (AvgIpc) is 2.95. The van der Waals surface area contributed by atoms with Crippen LogP contribution in [0, 0.1) is 0 Å². The van der Waals surface area contributed by atoms with Gasteiger partial charge < -0.3 is 19.7 Å². The smallest absolute Gasteiger partial charge is 0.408 e. The molecule has 2 aromatic rings. The highest BCUT2D eigenvalue weighted by Gasteiger charge is 2.51. The minimum Gasteiger partial charge on any atom is -0.484 e. The lowest BCUT2D eigenvalue weighted by Gasteiger charge is -2.43. The predicted octanol–water partition coefficient (Wildman–Crippen LogP) is 4.84. The first-order chi connectivity index (χ1) is 13.8. The summed E-state index contributed by atoms with van der Waals surface area (Å²) in [7, 11) is 0. The van der Waals surface area contributed by atoms with E-state index in [1.54, 1.807) is 0 Å². The molecule has 1 amide bonds. The lowest BCUT2D eigenvalue weighted by Crippen LogP contribution is -2.54. The largest absolute Gasteiger partial charge is 0.484 e. The zero-order chi connectivity index (χ0) is 20.6. The van der Waals surface area contributed by atoms with E-state index in [-0.39, 0.29) is 6.04 Å². The molecule has 1 spiro atoms. The Morgan fingerprint density at radius 3 is 2.62 bits per heavy atom. The lowest BCUT2D eigenvalue weighted by atomic mass is 9.82. The van der Waals surface area contributed by atoms with Crippen molar-refractivity contribution in [3.05, 3.63) is 52.8 Å². The highest BCUT2D eigenvalue weighted by Crippen LogP contribution is 2.48. The van der Waals surface area contributed by atoms with E-state index in [4.69, 9.17) is 9.47 Å². The van der Waals surface area contributed by atoms with E-state index in [9.17, 15) is 4.79 Å². The van der Waals surface area contributed by atoms with Crippen molar-refractivity contribution < 1.29 is 14.3 Å². The molecule has 0 bridgehead atoms. The minimum atomic E-state index is -0.547. The van der Waals surface area contributed by atoms with Crippen molar-refractivity contribution in [2.75, 3.05) is 18.0 Å². The second-order valence-electron chi connectivity index (χ2n) is 8.61. The molecule has 29 heavy (non-hydrogen) atoms. The monoisotopic (exact) mass is 459 g/mol. The number of hydrogen-bond acceptors (Lipinski definition) is 5. The number of anilines is 1. The summed E-state index contributed by atoms with van der Waals surface area (Å²) in [5.74, 6) is 0.840. The molecule has 2 aliphatic rings. The fourth-order valence-electron chi connectivity index (χ4n) is 4.10. The first kappa shape index (κ1) is 20.0. The normalized spacial score (nSPS) is 20.1. The Labute approximate surface area is 179 Å². The fourth-order valence-corrected chi connectivity index (χ4v) is 4.33. The van der Waals surface area contributed by atoms with Gasteiger partial charge in [-0.15, -0.1) is 0 Å². The number of carbonyl (C=O) groups excluding carboxylic acids is 1. The third-order valence-corrected chi connectivity index (χ3v) is 5.89. The van der Waals surface area contributed by atoms with Crippen LogP contribution in [0.25, 0.3) is 0 Å². The molecule has 3 heterocycles. The lowest BCUT2D eigenvalue weighted by molar-refractivity contribution is 0.0150. The van der Waals surface area contributed by atoms with E-state index in [1.807, 2.05) is 57.3 Å². The van der Waals surface area contributed by atoms with Gasteiger partial charge in [0.1, 0.15) is 27.6 Å². The molecule has 1 saturated heterocycles. The molecule has 1 aromatic carbocycles. The third-order valence-electron chi connectivity index (χ3n) is 5.42. The van der Waals surface area contributed by atoms with E-state index in [0.29, 0.717) is 0 Å². The van der Waals surface area contributed by atoms with Gasteiger partial charge in [-0.3, -0.25) is 0 Å². The fraction of sp³-hybridized carbons (Fsp3) is 0.455. The first-order valence-corrected chi connectivity index (χ1v) is 10.7. The number of benzene rings is 1.